The summed E-state index contributed by atoms with van der Waals surface area (Å²) < 4.78 is 0. The largest absolute Gasteiger partial charge is 0.352 e. The van der Waals surface area contributed by atoms with Gasteiger partial charge in [0.25, 0.3) is 0 Å². The Morgan fingerprint density at radius 3 is 2.76 bits per heavy atom. The van der Waals surface area contributed by atoms with Gasteiger partial charge in [-0.3, -0.25) is 4.79 Å². The van der Waals surface area contributed by atoms with Crippen LogP contribution in [0.3, 0.4) is 0 Å². The molecule has 2 rings (SSSR count). The molecule has 0 radical (unpaired) electrons. The van der Waals surface area contributed by atoms with Gasteiger partial charge in [0.15, 0.2) is 0 Å². The minimum atomic E-state index is -0.505. The number of nitrogens with one attached hydrogen (secondary N) is 1. The molecule has 3 nitrogen and oxygen atoms in total. The van der Waals surface area contributed by atoms with Crippen molar-refractivity contribution in [2.24, 2.45) is 11.7 Å². The van der Waals surface area contributed by atoms with E-state index in [-0.39, 0.29) is 5.91 Å². The topological polar surface area (TPSA) is 55.1 Å². The van der Waals surface area contributed by atoms with Gasteiger partial charge in [-0.2, -0.15) is 0 Å². The van der Waals surface area contributed by atoms with Gasteiger partial charge < -0.3 is 11.1 Å². The van der Waals surface area contributed by atoms with Gasteiger partial charge in [0.05, 0.1) is 0 Å². The lowest BCUT2D eigenvalue weighted by atomic mass is 9.87. The van der Waals surface area contributed by atoms with Crippen LogP contribution in [-0.2, 0) is 4.79 Å². The molecule has 0 spiro atoms. The Labute approximate surface area is 106 Å². The van der Waals surface area contributed by atoms with E-state index < -0.39 is 6.04 Å². The first-order chi connectivity index (χ1) is 8.16. The molecule has 94 valence electrons. The van der Waals surface area contributed by atoms with E-state index in [0.717, 1.165) is 23.6 Å². The maximum absolute atomic E-state index is 12.0. The Hall–Kier alpha value is -0.870. The lowest BCUT2D eigenvalue weighted by molar-refractivity contribution is -0.123. The molecule has 0 saturated heterocycles. The monoisotopic (exact) mass is 252 g/mol. The first-order valence-electron chi connectivity index (χ1n) is 6.26. The minimum Gasteiger partial charge on any atom is -0.352 e. The summed E-state index contributed by atoms with van der Waals surface area (Å²) in [6, 6.07) is 3.66. The van der Waals surface area contributed by atoms with Gasteiger partial charge in [0, 0.05) is 10.9 Å². The van der Waals surface area contributed by atoms with Crippen LogP contribution >= 0.6 is 11.3 Å². The summed E-state index contributed by atoms with van der Waals surface area (Å²) in [7, 11) is 0. The molecule has 17 heavy (non-hydrogen) atoms. The molecule has 1 aromatic heterocycles. The van der Waals surface area contributed by atoms with Gasteiger partial charge >= 0.3 is 0 Å². The normalized spacial score (nSPS) is 26.5. The van der Waals surface area contributed by atoms with Gasteiger partial charge in [-0.1, -0.05) is 13.0 Å². The highest BCUT2D eigenvalue weighted by Gasteiger charge is 2.23. The minimum absolute atomic E-state index is 0.0352. The lowest BCUT2D eigenvalue weighted by Crippen LogP contribution is -2.42. The van der Waals surface area contributed by atoms with Crippen LogP contribution in [0.2, 0.25) is 0 Å². The number of amides is 1. The summed E-state index contributed by atoms with van der Waals surface area (Å²) in [4.78, 5) is 12.9. The number of carbonyl (C=O) groups is 1. The number of hydrogen-bond donors (Lipinski definition) is 2. The summed E-state index contributed by atoms with van der Waals surface area (Å²) >= 11 is 1.54. The van der Waals surface area contributed by atoms with Crippen molar-refractivity contribution in [2.75, 3.05) is 0 Å². The second kappa shape index (κ2) is 5.65. The second-order valence-corrected chi connectivity index (χ2v) is 5.94. The smallest absolute Gasteiger partial charge is 0.242 e. The van der Waals surface area contributed by atoms with Crippen LogP contribution in [0, 0.1) is 5.92 Å². The van der Waals surface area contributed by atoms with Crippen LogP contribution in [0.15, 0.2) is 17.5 Å². The molecular formula is C13H20N2OS. The van der Waals surface area contributed by atoms with E-state index in [9.17, 15) is 4.79 Å². The average molecular weight is 252 g/mol. The number of rotatable bonds is 3. The van der Waals surface area contributed by atoms with Crippen molar-refractivity contribution >= 4 is 17.2 Å². The summed E-state index contributed by atoms with van der Waals surface area (Å²) in [6.45, 7) is 2.27. The predicted octanol–water partition coefficient (Wildman–Crippen LogP) is 2.44. The highest BCUT2D eigenvalue weighted by Crippen LogP contribution is 2.24. The first-order valence-corrected chi connectivity index (χ1v) is 7.14. The van der Waals surface area contributed by atoms with E-state index in [1.807, 2.05) is 17.5 Å². The first kappa shape index (κ1) is 12.6. The van der Waals surface area contributed by atoms with Crippen molar-refractivity contribution in [3.63, 3.8) is 0 Å². The zero-order valence-electron chi connectivity index (χ0n) is 10.2. The van der Waals surface area contributed by atoms with E-state index in [1.54, 1.807) is 0 Å². The Morgan fingerprint density at radius 1 is 1.47 bits per heavy atom. The van der Waals surface area contributed by atoms with Crippen molar-refractivity contribution < 1.29 is 4.79 Å². The number of thiophene rings is 1. The number of hydrogen-bond acceptors (Lipinski definition) is 3. The summed E-state index contributed by atoms with van der Waals surface area (Å²) in [6.07, 6.45) is 4.59. The van der Waals surface area contributed by atoms with E-state index >= 15 is 0 Å². The van der Waals surface area contributed by atoms with Crippen molar-refractivity contribution in [2.45, 2.75) is 44.7 Å². The van der Waals surface area contributed by atoms with E-state index in [2.05, 4.69) is 12.2 Å². The molecule has 1 aliphatic carbocycles. The fourth-order valence-corrected chi connectivity index (χ4v) is 3.02. The molecule has 0 aromatic carbocycles. The highest BCUT2D eigenvalue weighted by atomic mass is 32.1. The van der Waals surface area contributed by atoms with Crippen molar-refractivity contribution in [1.82, 2.24) is 5.32 Å². The van der Waals surface area contributed by atoms with Gasteiger partial charge in [-0.25, -0.2) is 0 Å². The third kappa shape index (κ3) is 3.30. The van der Waals surface area contributed by atoms with Crippen LogP contribution in [0.4, 0.5) is 0 Å². The molecule has 1 heterocycles. The van der Waals surface area contributed by atoms with Gasteiger partial charge in [-0.15, -0.1) is 11.3 Å². The maximum atomic E-state index is 12.0. The van der Waals surface area contributed by atoms with E-state index in [1.165, 1.54) is 24.2 Å². The molecule has 1 aromatic rings. The summed E-state index contributed by atoms with van der Waals surface area (Å²) in [5.74, 6) is 0.765. The lowest BCUT2D eigenvalue weighted by Gasteiger charge is -2.27. The van der Waals surface area contributed by atoms with Crippen LogP contribution in [-0.4, -0.2) is 11.9 Å². The number of carbonyl (C=O) groups excluding carboxylic acids is 1. The van der Waals surface area contributed by atoms with Crippen LogP contribution < -0.4 is 11.1 Å². The van der Waals surface area contributed by atoms with Crippen molar-refractivity contribution in [3.8, 4) is 0 Å². The second-order valence-electron chi connectivity index (χ2n) is 4.96. The summed E-state index contributed by atoms with van der Waals surface area (Å²) in [5.41, 5.74) is 5.93. The van der Waals surface area contributed by atoms with Gasteiger partial charge in [0.1, 0.15) is 6.04 Å². The molecule has 1 aliphatic rings. The van der Waals surface area contributed by atoms with Gasteiger partial charge in [0.2, 0.25) is 5.91 Å². The Morgan fingerprint density at radius 2 is 2.18 bits per heavy atom. The zero-order valence-corrected chi connectivity index (χ0v) is 11.0. The number of nitrogens with two attached hydrogens (primary N) is 1. The third-order valence-corrected chi connectivity index (χ3v) is 4.45. The predicted molar refractivity (Wildman–Crippen MR) is 70.8 cm³/mol. The van der Waals surface area contributed by atoms with Crippen molar-refractivity contribution in [1.29, 1.82) is 0 Å². The summed E-state index contributed by atoms with van der Waals surface area (Å²) in [5, 5.41) is 5.02. The molecule has 0 bridgehead atoms. The SMILES string of the molecule is CC1CCC(NC(=O)C(N)c2cccs2)CC1. The fourth-order valence-electron chi connectivity index (χ4n) is 2.29. The fraction of sp³-hybridized carbons (Fsp3) is 0.615. The molecule has 1 fully saturated rings. The molecule has 1 amide bonds. The van der Waals surface area contributed by atoms with Crippen LogP contribution in [0.1, 0.15) is 43.5 Å². The Bertz CT molecular complexity index is 356. The molecule has 3 N–H and O–H groups in total. The quantitative estimate of drug-likeness (QED) is 0.868. The zero-order chi connectivity index (χ0) is 12.3. The van der Waals surface area contributed by atoms with Crippen molar-refractivity contribution in [3.05, 3.63) is 22.4 Å². The van der Waals surface area contributed by atoms with Crippen LogP contribution in [0.25, 0.3) is 0 Å². The standard InChI is InChI=1S/C13H20N2OS/c1-9-4-6-10(7-5-9)15-13(16)12(14)11-3-2-8-17-11/h2-3,8-10,12H,4-7,14H2,1H3,(H,15,16). The molecular weight excluding hydrogens is 232 g/mol. The third-order valence-electron chi connectivity index (χ3n) is 3.49. The van der Waals surface area contributed by atoms with Crippen LogP contribution in [0.5, 0.6) is 0 Å². The molecule has 1 atom stereocenters. The van der Waals surface area contributed by atoms with Gasteiger partial charge in [-0.05, 0) is 43.0 Å². The van der Waals surface area contributed by atoms with E-state index in [4.69, 9.17) is 5.73 Å². The molecule has 4 heteroatoms. The Balaban J connectivity index is 1.85. The average Bonchev–Trinajstić information content (AvgIpc) is 2.84. The molecule has 1 saturated carbocycles. The highest BCUT2D eigenvalue weighted by molar-refractivity contribution is 7.10. The molecule has 0 aliphatic heterocycles. The van der Waals surface area contributed by atoms with E-state index in [0.29, 0.717) is 6.04 Å². The maximum Gasteiger partial charge on any atom is 0.242 e. The molecule has 1 unspecified atom stereocenters. The Kier molecular flexibility index (Phi) is 4.18.